The Kier molecular flexibility index (Phi) is 4.20. The molecule has 0 aliphatic carbocycles. The largest absolute Gasteiger partial charge is 0.337 e. The topological polar surface area (TPSA) is 76.8 Å². The molecule has 3 aromatic rings. The first-order valence-electron chi connectivity index (χ1n) is 8.36. The minimum absolute atomic E-state index is 0.0180. The van der Waals surface area contributed by atoms with Gasteiger partial charge >= 0.3 is 0 Å². The number of aromatic nitrogens is 5. The van der Waals surface area contributed by atoms with Gasteiger partial charge in [0, 0.05) is 24.8 Å². The van der Waals surface area contributed by atoms with Crippen molar-refractivity contribution in [3.63, 3.8) is 0 Å². The van der Waals surface area contributed by atoms with E-state index in [-0.39, 0.29) is 11.9 Å². The molecule has 4 rings (SSSR count). The van der Waals surface area contributed by atoms with Gasteiger partial charge in [0.2, 0.25) is 5.82 Å². The van der Waals surface area contributed by atoms with Crippen LogP contribution in [0.4, 0.5) is 0 Å². The van der Waals surface area contributed by atoms with Gasteiger partial charge in [0.25, 0.3) is 5.91 Å². The monoisotopic (exact) mass is 334 g/mol. The van der Waals surface area contributed by atoms with Crippen molar-refractivity contribution in [3.05, 3.63) is 60.4 Å². The highest BCUT2D eigenvalue weighted by molar-refractivity contribution is 5.92. The van der Waals surface area contributed by atoms with Crippen LogP contribution < -0.4 is 0 Å². The molecule has 0 spiro atoms. The molecule has 0 saturated carbocycles. The number of benzene rings is 1. The van der Waals surface area contributed by atoms with Crippen LogP contribution in [0.1, 0.15) is 29.4 Å². The number of pyridine rings is 1. The van der Waals surface area contributed by atoms with E-state index in [2.05, 4.69) is 20.4 Å². The molecule has 1 aromatic carbocycles. The van der Waals surface area contributed by atoms with E-state index in [0.717, 1.165) is 18.4 Å². The van der Waals surface area contributed by atoms with Gasteiger partial charge in [-0.15, -0.1) is 10.2 Å². The Morgan fingerprint density at radius 3 is 2.48 bits per heavy atom. The molecule has 0 atom stereocenters. The number of amides is 1. The van der Waals surface area contributed by atoms with Crippen LogP contribution in [-0.4, -0.2) is 49.1 Å². The predicted octanol–water partition coefficient (Wildman–Crippen LogP) is 2.21. The fourth-order valence-corrected chi connectivity index (χ4v) is 3.03. The summed E-state index contributed by atoms with van der Waals surface area (Å²) in [6, 6.07) is 15.4. The standard InChI is InChI=1S/C18H18N6O/c25-18(16-8-4-5-11-19-16)23-12-9-15(10-13-23)24-21-17(20-22-24)14-6-2-1-3-7-14/h1-8,11,15H,9-10,12-13H2. The number of carbonyl (C=O) groups excluding carboxylic acids is 1. The van der Waals surface area contributed by atoms with E-state index in [9.17, 15) is 4.79 Å². The van der Waals surface area contributed by atoms with Gasteiger partial charge in [-0.25, -0.2) is 0 Å². The number of likely N-dealkylation sites (tertiary alicyclic amines) is 1. The Labute approximate surface area is 145 Å². The SMILES string of the molecule is O=C(c1ccccn1)N1CCC(n2nnc(-c3ccccc3)n2)CC1. The third-order valence-electron chi connectivity index (χ3n) is 4.42. The number of hydrogen-bond acceptors (Lipinski definition) is 5. The average Bonchev–Trinajstić information content (AvgIpc) is 3.19. The first-order valence-corrected chi connectivity index (χ1v) is 8.36. The molecule has 0 bridgehead atoms. The average molecular weight is 334 g/mol. The third-order valence-corrected chi connectivity index (χ3v) is 4.42. The van der Waals surface area contributed by atoms with Gasteiger partial charge in [-0.2, -0.15) is 4.80 Å². The van der Waals surface area contributed by atoms with Gasteiger partial charge in [-0.05, 0) is 30.2 Å². The molecule has 1 saturated heterocycles. The van der Waals surface area contributed by atoms with Gasteiger partial charge in [0.05, 0.1) is 6.04 Å². The maximum Gasteiger partial charge on any atom is 0.272 e. The zero-order chi connectivity index (χ0) is 17.1. The lowest BCUT2D eigenvalue weighted by molar-refractivity contribution is 0.0677. The molecule has 2 aromatic heterocycles. The molecule has 1 aliphatic rings. The summed E-state index contributed by atoms with van der Waals surface area (Å²) in [5, 5.41) is 12.9. The van der Waals surface area contributed by atoms with Crippen LogP contribution in [0.5, 0.6) is 0 Å². The summed E-state index contributed by atoms with van der Waals surface area (Å²) in [4.78, 5) is 20.1. The third kappa shape index (κ3) is 3.26. The van der Waals surface area contributed by atoms with E-state index in [1.54, 1.807) is 17.1 Å². The van der Waals surface area contributed by atoms with E-state index in [4.69, 9.17) is 0 Å². The fourth-order valence-electron chi connectivity index (χ4n) is 3.03. The second-order valence-electron chi connectivity index (χ2n) is 6.04. The quantitative estimate of drug-likeness (QED) is 0.734. The molecule has 7 heteroatoms. The summed E-state index contributed by atoms with van der Waals surface area (Å²) in [5.41, 5.74) is 1.45. The summed E-state index contributed by atoms with van der Waals surface area (Å²) in [7, 11) is 0. The van der Waals surface area contributed by atoms with Crippen LogP contribution in [0, 0.1) is 0 Å². The molecule has 1 fully saturated rings. The lowest BCUT2D eigenvalue weighted by atomic mass is 10.1. The second-order valence-corrected chi connectivity index (χ2v) is 6.04. The maximum absolute atomic E-state index is 12.4. The first-order chi connectivity index (χ1) is 12.3. The number of nitrogens with zero attached hydrogens (tertiary/aromatic N) is 6. The lowest BCUT2D eigenvalue weighted by Crippen LogP contribution is -2.39. The zero-order valence-electron chi connectivity index (χ0n) is 13.7. The number of piperidine rings is 1. The van der Waals surface area contributed by atoms with Crippen molar-refractivity contribution in [2.75, 3.05) is 13.1 Å². The van der Waals surface area contributed by atoms with Crippen LogP contribution in [-0.2, 0) is 0 Å². The van der Waals surface area contributed by atoms with Gasteiger partial charge < -0.3 is 4.90 Å². The molecule has 3 heterocycles. The van der Waals surface area contributed by atoms with Crippen molar-refractivity contribution in [2.45, 2.75) is 18.9 Å². The Morgan fingerprint density at radius 1 is 1.00 bits per heavy atom. The van der Waals surface area contributed by atoms with Crippen LogP contribution in [0.15, 0.2) is 54.7 Å². The molecule has 0 unspecified atom stereocenters. The highest BCUT2D eigenvalue weighted by Crippen LogP contribution is 2.23. The predicted molar refractivity (Wildman–Crippen MR) is 91.7 cm³/mol. The minimum Gasteiger partial charge on any atom is -0.337 e. The molecular weight excluding hydrogens is 316 g/mol. The highest BCUT2D eigenvalue weighted by Gasteiger charge is 2.26. The van der Waals surface area contributed by atoms with Crippen molar-refractivity contribution in [1.82, 2.24) is 30.1 Å². The number of tetrazole rings is 1. The van der Waals surface area contributed by atoms with Crippen molar-refractivity contribution < 1.29 is 4.79 Å². The molecular formula is C18H18N6O. The van der Waals surface area contributed by atoms with Crippen LogP contribution in [0.25, 0.3) is 11.4 Å². The van der Waals surface area contributed by atoms with E-state index >= 15 is 0 Å². The van der Waals surface area contributed by atoms with Crippen LogP contribution in [0.2, 0.25) is 0 Å². The Bertz CT molecular complexity index is 840. The van der Waals surface area contributed by atoms with Gasteiger partial charge in [-0.1, -0.05) is 36.4 Å². The first kappa shape index (κ1) is 15.4. The summed E-state index contributed by atoms with van der Waals surface area (Å²) in [6.07, 6.45) is 3.26. The summed E-state index contributed by atoms with van der Waals surface area (Å²) >= 11 is 0. The van der Waals surface area contributed by atoms with E-state index in [1.807, 2.05) is 47.4 Å². The highest BCUT2D eigenvalue weighted by atomic mass is 16.2. The van der Waals surface area contributed by atoms with E-state index in [0.29, 0.717) is 24.6 Å². The van der Waals surface area contributed by atoms with Crippen molar-refractivity contribution in [1.29, 1.82) is 0 Å². The van der Waals surface area contributed by atoms with E-state index in [1.165, 1.54) is 0 Å². The molecule has 0 N–H and O–H groups in total. The number of rotatable bonds is 3. The molecule has 25 heavy (non-hydrogen) atoms. The number of hydrogen-bond donors (Lipinski definition) is 0. The fraction of sp³-hybridized carbons (Fsp3) is 0.278. The van der Waals surface area contributed by atoms with E-state index < -0.39 is 0 Å². The summed E-state index contributed by atoms with van der Waals surface area (Å²) in [5.74, 6) is 0.614. The minimum atomic E-state index is -0.0180. The zero-order valence-corrected chi connectivity index (χ0v) is 13.7. The Morgan fingerprint density at radius 2 is 1.76 bits per heavy atom. The summed E-state index contributed by atoms with van der Waals surface area (Å²) in [6.45, 7) is 1.34. The lowest BCUT2D eigenvalue weighted by Gasteiger charge is -2.30. The Balaban J connectivity index is 1.41. The normalized spacial score (nSPS) is 15.3. The molecule has 1 aliphatic heterocycles. The van der Waals surface area contributed by atoms with Crippen molar-refractivity contribution in [2.24, 2.45) is 0 Å². The van der Waals surface area contributed by atoms with Crippen molar-refractivity contribution >= 4 is 5.91 Å². The van der Waals surface area contributed by atoms with Crippen LogP contribution >= 0.6 is 0 Å². The molecule has 1 amide bonds. The molecule has 7 nitrogen and oxygen atoms in total. The van der Waals surface area contributed by atoms with Crippen LogP contribution in [0.3, 0.4) is 0 Å². The van der Waals surface area contributed by atoms with Crippen molar-refractivity contribution in [3.8, 4) is 11.4 Å². The summed E-state index contributed by atoms with van der Waals surface area (Å²) < 4.78 is 0. The van der Waals surface area contributed by atoms with Gasteiger partial charge in [0.15, 0.2) is 0 Å². The van der Waals surface area contributed by atoms with Gasteiger partial charge in [-0.3, -0.25) is 9.78 Å². The maximum atomic E-state index is 12.4. The smallest absolute Gasteiger partial charge is 0.272 e. The number of carbonyl (C=O) groups is 1. The second kappa shape index (κ2) is 6.80. The molecule has 0 radical (unpaired) electrons. The Hall–Kier alpha value is -3.09. The van der Waals surface area contributed by atoms with Gasteiger partial charge in [0.1, 0.15) is 5.69 Å². The molecule has 126 valence electrons.